The van der Waals surface area contributed by atoms with Gasteiger partial charge in [0.1, 0.15) is 5.75 Å². The van der Waals surface area contributed by atoms with Crippen molar-refractivity contribution in [3.05, 3.63) is 59.4 Å². The Morgan fingerprint density at radius 1 is 1.09 bits per heavy atom. The van der Waals surface area contributed by atoms with E-state index in [9.17, 15) is 4.79 Å². The van der Waals surface area contributed by atoms with E-state index in [-0.39, 0.29) is 5.91 Å². The van der Waals surface area contributed by atoms with Crippen molar-refractivity contribution in [2.24, 2.45) is 0 Å². The lowest BCUT2D eigenvalue weighted by molar-refractivity contribution is -0.134. The fourth-order valence-corrected chi connectivity index (χ4v) is 5.22. The van der Waals surface area contributed by atoms with E-state index < -0.39 is 0 Å². The largest absolute Gasteiger partial charge is 0.497 e. The topological polar surface area (TPSA) is 45.7 Å². The summed E-state index contributed by atoms with van der Waals surface area (Å²) in [5, 5.41) is 0. The zero-order chi connectivity index (χ0) is 22.3. The lowest BCUT2D eigenvalue weighted by Gasteiger charge is -2.36. The van der Waals surface area contributed by atoms with E-state index in [4.69, 9.17) is 9.72 Å². The number of nitrogens with zero attached hydrogens (tertiary/aromatic N) is 3. The van der Waals surface area contributed by atoms with Gasteiger partial charge in [0.05, 0.1) is 13.7 Å². The summed E-state index contributed by atoms with van der Waals surface area (Å²) in [6.07, 6.45) is 11.3. The molecule has 32 heavy (non-hydrogen) atoms. The predicted octanol–water partition coefficient (Wildman–Crippen LogP) is 4.65. The van der Waals surface area contributed by atoms with Crippen LogP contribution in [0.5, 0.6) is 5.75 Å². The van der Waals surface area contributed by atoms with E-state index in [1.165, 1.54) is 30.4 Å². The molecule has 1 saturated heterocycles. The van der Waals surface area contributed by atoms with Gasteiger partial charge in [0.2, 0.25) is 5.91 Å². The Hall–Kier alpha value is -2.40. The van der Waals surface area contributed by atoms with E-state index in [1.807, 2.05) is 30.3 Å². The van der Waals surface area contributed by atoms with Crippen molar-refractivity contribution in [1.29, 1.82) is 0 Å². The van der Waals surface area contributed by atoms with Crippen molar-refractivity contribution >= 4 is 5.91 Å². The molecule has 1 unspecified atom stereocenters. The molecule has 1 aromatic heterocycles. The molecular formula is C27H37N3O2. The first kappa shape index (κ1) is 22.8. The van der Waals surface area contributed by atoms with E-state index in [0.29, 0.717) is 18.5 Å². The molecule has 1 aromatic carbocycles. The molecule has 0 N–H and O–H groups in total. The molecule has 2 aliphatic rings. The molecule has 172 valence electrons. The number of hydrogen-bond acceptors (Lipinski definition) is 4. The van der Waals surface area contributed by atoms with Crippen molar-refractivity contribution in [3.63, 3.8) is 0 Å². The maximum absolute atomic E-state index is 12.9. The van der Waals surface area contributed by atoms with Crippen LogP contribution in [0.15, 0.2) is 42.6 Å². The monoisotopic (exact) mass is 435 g/mol. The highest BCUT2D eigenvalue weighted by atomic mass is 16.5. The van der Waals surface area contributed by atoms with Gasteiger partial charge in [0.15, 0.2) is 0 Å². The number of aromatic nitrogens is 1. The van der Waals surface area contributed by atoms with Crippen LogP contribution in [0.2, 0.25) is 0 Å². The Kier molecular flexibility index (Phi) is 7.80. The molecule has 0 bridgehead atoms. The minimum Gasteiger partial charge on any atom is -0.497 e. The van der Waals surface area contributed by atoms with Gasteiger partial charge in [0.25, 0.3) is 0 Å². The Balaban J connectivity index is 1.32. The summed E-state index contributed by atoms with van der Waals surface area (Å²) in [6, 6.07) is 13.0. The highest BCUT2D eigenvalue weighted by Crippen LogP contribution is 2.27. The van der Waals surface area contributed by atoms with E-state index in [0.717, 1.165) is 56.6 Å². The fraction of sp³-hybridized carbons (Fsp3) is 0.556. The molecule has 2 heterocycles. The molecule has 5 nitrogen and oxygen atoms in total. The highest BCUT2D eigenvalue weighted by Gasteiger charge is 2.27. The number of likely N-dealkylation sites (N-methyl/N-ethyl adjacent to an activating group) is 1. The molecule has 1 amide bonds. The van der Waals surface area contributed by atoms with Gasteiger partial charge in [-0.15, -0.1) is 0 Å². The number of carbonyl (C=O) groups is 1. The lowest BCUT2D eigenvalue weighted by atomic mass is 9.93. The Labute approximate surface area is 192 Å². The number of benzene rings is 1. The second-order valence-electron chi connectivity index (χ2n) is 9.49. The summed E-state index contributed by atoms with van der Waals surface area (Å²) in [7, 11) is 3.70. The van der Waals surface area contributed by atoms with Gasteiger partial charge >= 0.3 is 0 Å². The average Bonchev–Trinajstić information content (AvgIpc) is 2.85. The molecule has 1 saturated carbocycles. The summed E-state index contributed by atoms with van der Waals surface area (Å²) in [6.45, 7) is 2.47. The van der Waals surface area contributed by atoms with Gasteiger partial charge in [-0.05, 0) is 68.0 Å². The van der Waals surface area contributed by atoms with Gasteiger partial charge in [-0.25, -0.2) is 0 Å². The summed E-state index contributed by atoms with van der Waals surface area (Å²) in [5.74, 6) is 1.57. The highest BCUT2D eigenvalue weighted by molar-refractivity contribution is 5.78. The number of piperidine rings is 1. The van der Waals surface area contributed by atoms with Gasteiger partial charge in [-0.1, -0.05) is 37.5 Å². The average molecular weight is 436 g/mol. The molecular weight excluding hydrogens is 398 g/mol. The third kappa shape index (κ3) is 5.89. The number of ether oxygens (including phenoxy) is 1. The third-order valence-corrected chi connectivity index (χ3v) is 7.19. The van der Waals surface area contributed by atoms with Crippen molar-refractivity contribution in [2.45, 2.75) is 63.3 Å². The third-order valence-electron chi connectivity index (χ3n) is 7.19. The number of hydrogen-bond donors (Lipinski definition) is 0. The molecule has 2 aromatic rings. The van der Waals surface area contributed by atoms with Crippen LogP contribution in [-0.4, -0.2) is 60.5 Å². The van der Waals surface area contributed by atoms with Crippen LogP contribution >= 0.6 is 0 Å². The minimum absolute atomic E-state index is 0.277. The number of pyridine rings is 1. The normalized spacial score (nSPS) is 20.1. The molecule has 0 radical (unpaired) electrons. The van der Waals surface area contributed by atoms with Crippen molar-refractivity contribution in [1.82, 2.24) is 14.8 Å². The number of rotatable bonds is 7. The Morgan fingerprint density at radius 3 is 2.69 bits per heavy atom. The zero-order valence-electron chi connectivity index (χ0n) is 19.6. The van der Waals surface area contributed by atoms with Gasteiger partial charge in [-0.2, -0.15) is 0 Å². The van der Waals surface area contributed by atoms with Crippen molar-refractivity contribution in [2.75, 3.05) is 33.8 Å². The maximum Gasteiger partial charge on any atom is 0.236 e. The molecule has 4 rings (SSSR count). The summed E-state index contributed by atoms with van der Waals surface area (Å²) < 4.78 is 5.33. The molecule has 2 fully saturated rings. The zero-order valence-corrected chi connectivity index (χ0v) is 19.6. The number of carbonyl (C=O) groups excluding carboxylic acids is 1. The van der Waals surface area contributed by atoms with Crippen LogP contribution in [0.25, 0.3) is 0 Å². The first-order chi connectivity index (χ1) is 15.6. The van der Waals surface area contributed by atoms with Crippen LogP contribution in [-0.2, 0) is 11.2 Å². The van der Waals surface area contributed by atoms with Gasteiger partial charge in [0, 0.05) is 37.4 Å². The first-order valence-electron chi connectivity index (χ1n) is 12.2. The molecule has 1 aliphatic heterocycles. The van der Waals surface area contributed by atoms with Crippen LogP contribution in [0.3, 0.4) is 0 Å². The standard InChI is InChI=1S/C27H37N3O2/c1-29(24-10-4-3-5-11-24)27(31)20-30-15-7-9-23(19-30)26-14-13-22(18-28-26)16-21-8-6-12-25(17-21)32-2/h6,8,12-14,17-18,23-24H,3-5,7,9-11,15-16,19-20H2,1-2H3. The second kappa shape index (κ2) is 11.0. The second-order valence-corrected chi connectivity index (χ2v) is 9.49. The van der Waals surface area contributed by atoms with Crippen LogP contribution < -0.4 is 4.74 Å². The van der Waals surface area contributed by atoms with Crippen molar-refractivity contribution < 1.29 is 9.53 Å². The summed E-state index contributed by atoms with van der Waals surface area (Å²) in [5.41, 5.74) is 3.58. The molecule has 1 aliphatic carbocycles. The van der Waals surface area contributed by atoms with Crippen LogP contribution in [0.4, 0.5) is 0 Å². The minimum atomic E-state index is 0.277. The number of amides is 1. The summed E-state index contributed by atoms with van der Waals surface area (Å²) in [4.78, 5) is 22.0. The summed E-state index contributed by atoms with van der Waals surface area (Å²) >= 11 is 0. The molecule has 0 spiro atoms. The Bertz CT molecular complexity index is 877. The van der Waals surface area contributed by atoms with Gasteiger partial charge in [-0.3, -0.25) is 14.7 Å². The maximum atomic E-state index is 12.9. The van der Waals surface area contributed by atoms with Crippen LogP contribution in [0.1, 0.15) is 67.7 Å². The smallest absolute Gasteiger partial charge is 0.236 e. The van der Waals surface area contributed by atoms with E-state index >= 15 is 0 Å². The quantitative estimate of drug-likeness (QED) is 0.635. The van der Waals surface area contributed by atoms with E-state index in [2.05, 4.69) is 29.2 Å². The molecule has 5 heteroatoms. The lowest BCUT2D eigenvalue weighted by Crippen LogP contribution is -2.46. The van der Waals surface area contributed by atoms with Gasteiger partial charge < -0.3 is 9.64 Å². The number of likely N-dealkylation sites (tertiary alicyclic amines) is 1. The Morgan fingerprint density at radius 2 is 1.94 bits per heavy atom. The SMILES string of the molecule is COc1cccc(Cc2ccc(C3CCCN(CC(=O)N(C)C4CCCCC4)C3)nc2)c1. The molecule has 1 atom stereocenters. The van der Waals surface area contributed by atoms with Crippen LogP contribution in [0, 0.1) is 0 Å². The van der Waals surface area contributed by atoms with E-state index in [1.54, 1.807) is 7.11 Å². The predicted molar refractivity (Wildman–Crippen MR) is 128 cm³/mol. The fourth-order valence-electron chi connectivity index (χ4n) is 5.22. The number of methoxy groups -OCH3 is 1. The first-order valence-corrected chi connectivity index (χ1v) is 12.2. The van der Waals surface area contributed by atoms with Crippen molar-refractivity contribution in [3.8, 4) is 5.75 Å².